The number of nitrogens with one attached hydrogen (secondary N) is 2. The Labute approximate surface area is 299 Å². The van der Waals surface area contributed by atoms with Crippen LogP contribution in [0.25, 0.3) is 11.1 Å². The highest BCUT2D eigenvalue weighted by Crippen LogP contribution is 2.44. The molecule has 0 unspecified atom stereocenters. The first-order valence-electron chi connectivity index (χ1n) is 17.0. The molecule has 7 rings (SSSR count). The van der Waals surface area contributed by atoms with E-state index >= 15 is 0 Å². The van der Waals surface area contributed by atoms with Crippen LogP contribution in [0.5, 0.6) is 0 Å². The van der Waals surface area contributed by atoms with Crippen molar-refractivity contribution in [3.8, 4) is 11.1 Å². The van der Waals surface area contributed by atoms with Crippen molar-refractivity contribution in [3.05, 3.63) is 154 Å². The zero-order chi connectivity index (χ0) is 36.0. The number of benzene rings is 4. The van der Waals surface area contributed by atoms with Crippen molar-refractivity contribution >= 4 is 23.8 Å². The van der Waals surface area contributed by atoms with Crippen LogP contribution in [0.1, 0.15) is 52.0 Å². The van der Waals surface area contributed by atoms with Gasteiger partial charge in [-0.15, -0.1) is 0 Å². The highest BCUT2D eigenvalue weighted by Gasteiger charge is 2.46. The third kappa shape index (κ3) is 7.48. The summed E-state index contributed by atoms with van der Waals surface area (Å²) in [6.07, 6.45) is -3.10. The molecule has 1 aliphatic heterocycles. The number of rotatable bonds is 11. The van der Waals surface area contributed by atoms with Crippen LogP contribution in [0.15, 0.2) is 126 Å². The summed E-state index contributed by atoms with van der Waals surface area (Å²) in [6, 6.07) is 34.0. The van der Waals surface area contributed by atoms with Gasteiger partial charge in [0.15, 0.2) is 6.23 Å². The number of hydrogen-bond donors (Lipinski definition) is 3. The van der Waals surface area contributed by atoms with Crippen LogP contribution in [0, 0.1) is 0 Å². The van der Waals surface area contributed by atoms with Crippen LogP contribution in [0.2, 0.25) is 0 Å². The lowest BCUT2D eigenvalue weighted by atomic mass is 9.98. The van der Waals surface area contributed by atoms with Crippen molar-refractivity contribution in [2.24, 2.45) is 0 Å². The minimum Gasteiger partial charge on any atom is -0.461 e. The van der Waals surface area contributed by atoms with Crippen molar-refractivity contribution in [1.29, 1.82) is 0 Å². The number of aliphatic hydroxyl groups is 1. The first-order chi connectivity index (χ1) is 25.4. The molecule has 12 heteroatoms. The Balaban J connectivity index is 1.05. The van der Waals surface area contributed by atoms with Crippen LogP contribution in [-0.4, -0.2) is 57.5 Å². The van der Waals surface area contributed by atoms with Gasteiger partial charge in [-0.2, -0.15) is 4.98 Å². The number of aromatic nitrogens is 2. The van der Waals surface area contributed by atoms with Gasteiger partial charge in [-0.1, -0.05) is 97.1 Å². The van der Waals surface area contributed by atoms with E-state index in [9.17, 15) is 24.3 Å². The van der Waals surface area contributed by atoms with Gasteiger partial charge in [0.05, 0.1) is 12.1 Å². The van der Waals surface area contributed by atoms with Crippen LogP contribution in [0.3, 0.4) is 0 Å². The van der Waals surface area contributed by atoms with Crippen LogP contribution in [-0.2, 0) is 25.6 Å². The third-order valence-corrected chi connectivity index (χ3v) is 9.26. The van der Waals surface area contributed by atoms with Gasteiger partial charge >= 0.3 is 17.8 Å². The molecule has 1 aliphatic carbocycles. The summed E-state index contributed by atoms with van der Waals surface area (Å²) in [5, 5.41) is 16.8. The number of nitrogens with zero attached hydrogens (tertiary/aromatic N) is 2. The molecular formula is C40H36N4O8. The highest BCUT2D eigenvalue weighted by atomic mass is 16.6. The van der Waals surface area contributed by atoms with Gasteiger partial charge in [-0.05, 0) is 52.4 Å². The molecule has 0 saturated carbocycles. The van der Waals surface area contributed by atoms with Crippen molar-refractivity contribution in [2.75, 3.05) is 11.9 Å². The van der Waals surface area contributed by atoms with Gasteiger partial charge < -0.3 is 30.0 Å². The smallest absolute Gasteiger partial charge is 0.407 e. The normalized spacial score (nSPS) is 18.9. The Kier molecular flexibility index (Phi) is 10.2. The van der Waals surface area contributed by atoms with Crippen molar-refractivity contribution in [3.63, 3.8) is 0 Å². The molecule has 0 bridgehead atoms. The van der Waals surface area contributed by atoms with Gasteiger partial charge in [0, 0.05) is 24.1 Å². The van der Waals surface area contributed by atoms with E-state index in [2.05, 4.69) is 15.6 Å². The molecule has 4 aromatic carbocycles. The van der Waals surface area contributed by atoms with E-state index in [0.29, 0.717) is 5.56 Å². The monoisotopic (exact) mass is 700 g/mol. The maximum Gasteiger partial charge on any atom is 0.407 e. The number of amides is 2. The summed E-state index contributed by atoms with van der Waals surface area (Å²) in [4.78, 5) is 55.8. The first-order valence-corrected chi connectivity index (χ1v) is 17.0. The molecule has 264 valence electrons. The molecule has 0 radical (unpaired) electrons. The molecule has 4 atom stereocenters. The Bertz CT molecular complexity index is 2080. The Morgan fingerprint density at radius 2 is 1.44 bits per heavy atom. The van der Waals surface area contributed by atoms with Gasteiger partial charge in [-0.3, -0.25) is 14.2 Å². The van der Waals surface area contributed by atoms with E-state index < -0.39 is 48.1 Å². The van der Waals surface area contributed by atoms with E-state index in [1.165, 1.54) is 12.3 Å². The minimum atomic E-state index is -1.44. The lowest BCUT2D eigenvalue weighted by Crippen LogP contribution is -2.48. The number of carbonyl (C=O) groups is 3. The van der Waals surface area contributed by atoms with E-state index in [4.69, 9.17) is 14.2 Å². The van der Waals surface area contributed by atoms with E-state index in [1.54, 1.807) is 30.3 Å². The Morgan fingerprint density at radius 1 is 0.808 bits per heavy atom. The summed E-state index contributed by atoms with van der Waals surface area (Å²) in [5.74, 6) is -1.12. The van der Waals surface area contributed by atoms with Gasteiger partial charge in [0.25, 0.3) is 5.91 Å². The number of aliphatic hydroxyl groups excluding tert-OH is 1. The highest BCUT2D eigenvalue weighted by molar-refractivity contribution is 6.03. The maximum absolute atomic E-state index is 13.3. The standard InChI is InChI=1S/C40H36N4O8/c45-34(50-23-25-11-3-1-4-12-25)20-19-32-35(43-40(49)51-24-31-29-17-9-7-15-27(29)28-16-8-10-18-30(28)31)36(46)38(52-32)44-22-21-33(42-39(44)48)41-37(47)26-13-5-2-6-14-26/h1-18,21-22,31-32,35-36,38,46H,19-20,23-24H2,(H,43,49)(H,41,42,47,48)/t32-,35-,36-,38-/m1/s1. The van der Waals surface area contributed by atoms with Gasteiger partial charge in [-0.25, -0.2) is 9.59 Å². The Hall–Kier alpha value is -6.11. The second kappa shape index (κ2) is 15.4. The molecule has 12 nitrogen and oxygen atoms in total. The molecule has 1 aromatic heterocycles. The summed E-state index contributed by atoms with van der Waals surface area (Å²) in [6.45, 7) is 0.134. The lowest BCUT2D eigenvalue weighted by molar-refractivity contribution is -0.146. The number of anilines is 1. The van der Waals surface area contributed by atoms with Crippen LogP contribution < -0.4 is 16.3 Å². The summed E-state index contributed by atoms with van der Waals surface area (Å²) in [7, 11) is 0. The van der Waals surface area contributed by atoms with Crippen LogP contribution >= 0.6 is 0 Å². The Morgan fingerprint density at radius 3 is 2.12 bits per heavy atom. The SMILES string of the molecule is O=C(CC[C@H]1O[C@@H](n2ccc(NC(=O)c3ccccc3)nc2=O)[C@H](O)[C@@H]1NC(=O)OCC1c2ccccc2-c2ccccc21)OCc1ccccc1. The van der Waals surface area contributed by atoms with E-state index in [-0.39, 0.29) is 37.8 Å². The minimum absolute atomic E-state index is 0.00798. The maximum atomic E-state index is 13.3. The largest absolute Gasteiger partial charge is 0.461 e. The van der Waals surface area contributed by atoms with Crippen LogP contribution in [0.4, 0.5) is 10.6 Å². The molecule has 3 N–H and O–H groups in total. The predicted molar refractivity (Wildman–Crippen MR) is 190 cm³/mol. The van der Waals surface area contributed by atoms with Crippen molar-refractivity contribution in [2.45, 2.75) is 49.8 Å². The summed E-state index contributed by atoms with van der Waals surface area (Å²) in [5.41, 5.74) is 4.66. The fourth-order valence-electron chi connectivity index (χ4n) is 6.70. The van der Waals surface area contributed by atoms with Gasteiger partial charge in [0.2, 0.25) is 0 Å². The molecule has 1 saturated heterocycles. The molecule has 0 spiro atoms. The molecule has 2 heterocycles. The fraction of sp³-hybridized carbons (Fsp3) is 0.225. The average Bonchev–Trinajstić information content (AvgIpc) is 3.66. The fourth-order valence-corrected chi connectivity index (χ4v) is 6.70. The van der Waals surface area contributed by atoms with E-state index in [1.807, 2.05) is 78.9 Å². The first kappa shape index (κ1) is 34.3. The third-order valence-electron chi connectivity index (χ3n) is 9.26. The molecular weight excluding hydrogens is 664 g/mol. The number of hydrogen-bond acceptors (Lipinski definition) is 9. The molecule has 2 aliphatic rings. The zero-order valence-corrected chi connectivity index (χ0v) is 28.0. The predicted octanol–water partition coefficient (Wildman–Crippen LogP) is 5.18. The molecule has 1 fully saturated rings. The van der Waals surface area contributed by atoms with Crippen molar-refractivity contribution in [1.82, 2.24) is 14.9 Å². The number of alkyl carbamates (subject to hydrolysis) is 1. The lowest BCUT2D eigenvalue weighted by Gasteiger charge is -2.22. The van der Waals surface area contributed by atoms with E-state index in [0.717, 1.165) is 32.4 Å². The number of esters is 1. The topological polar surface area (TPSA) is 158 Å². The number of carbonyl (C=O) groups excluding carboxylic acids is 3. The van der Waals surface area contributed by atoms with Gasteiger partial charge in [0.1, 0.15) is 25.1 Å². The summed E-state index contributed by atoms with van der Waals surface area (Å²) < 4.78 is 18.4. The zero-order valence-electron chi connectivity index (χ0n) is 28.0. The average molecular weight is 701 g/mol. The van der Waals surface area contributed by atoms with Crippen molar-refractivity contribution < 1.29 is 33.7 Å². The summed E-state index contributed by atoms with van der Waals surface area (Å²) >= 11 is 0. The number of fused-ring (bicyclic) bond motifs is 3. The second-order valence-corrected chi connectivity index (χ2v) is 12.6. The molecule has 52 heavy (non-hydrogen) atoms. The molecule has 2 amide bonds. The molecule has 5 aromatic rings. The quantitative estimate of drug-likeness (QED) is 0.158. The number of ether oxygens (including phenoxy) is 3. The second-order valence-electron chi connectivity index (χ2n) is 12.6.